The summed E-state index contributed by atoms with van der Waals surface area (Å²) in [5.74, 6) is 0. The topological polar surface area (TPSA) is 8.17 Å². The first-order valence-corrected chi connectivity index (χ1v) is 23.4. The zero-order valence-corrected chi connectivity index (χ0v) is 37.3. The molecule has 13 aromatic rings. The van der Waals surface area contributed by atoms with Gasteiger partial charge in [-0.05, 0) is 120 Å². The molecule has 318 valence electrons. The molecule has 0 N–H and O–H groups in total. The predicted octanol–water partition coefficient (Wildman–Crippen LogP) is 18.4. The van der Waals surface area contributed by atoms with Crippen molar-refractivity contribution >= 4 is 71.2 Å². The largest absolute Gasteiger partial charge is 0.310 e. The summed E-state index contributed by atoms with van der Waals surface area (Å²) in [5, 5.41) is 9.91. The Morgan fingerprint density at radius 1 is 0.250 bits per heavy atom. The SMILES string of the molecule is c1ccc(-c2cc(N(c3cccc(-c4cccc5ccccc45)c3)c3ccccc3-c3cc4ccccc4c4ccccc34)ccc2-c2ccccc2-n2c3ccccc3c3ccccc32)cc1. The average molecular weight is 865 g/mol. The van der Waals surface area contributed by atoms with Crippen LogP contribution in [0.2, 0.25) is 0 Å². The Kier molecular flexibility index (Phi) is 9.54. The number of hydrogen-bond donors (Lipinski definition) is 0. The third-order valence-corrected chi connectivity index (χ3v) is 13.8. The molecule has 0 aliphatic carbocycles. The first kappa shape index (κ1) is 39.4. The highest BCUT2D eigenvalue weighted by molar-refractivity contribution is 6.15. The minimum absolute atomic E-state index is 1.06. The van der Waals surface area contributed by atoms with Crippen molar-refractivity contribution in [3.05, 3.63) is 267 Å². The summed E-state index contributed by atoms with van der Waals surface area (Å²) in [5.41, 5.74) is 16.1. The second-order valence-corrected chi connectivity index (χ2v) is 17.6. The maximum Gasteiger partial charge on any atom is 0.0541 e. The van der Waals surface area contributed by atoms with Gasteiger partial charge in [-0.2, -0.15) is 0 Å². The lowest BCUT2D eigenvalue weighted by Crippen LogP contribution is -2.12. The molecule has 0 unspecified atom stereocenters. The summed E-state index contributed by atoms with van der Waals surface area (Å²) in [6, 6.07) is 97.7. The summed E-state index contributed by atoms with van der Waals surface area (Å²) < 4.78 is 2.44. The minimum atomic E-state index is 1.06. The number of benzene rings is 12. The maximum absolute atomic E-state index is 2.48. The molecule has 12 aromatic carbocycles. The van der Waals surface area contributed by atoms with Crippen molar-refractivity contribution in [1.82, 2.24) is 4.57 Å². The van der Waals surface area contributed by atoms with Crippen molar-refractivity contribution in [2.24, 2.45) is 0 Å². The number of rotatable bonds is 8. The predicted molar refractivity (Wildman–Crippen MR) is 290 cm³/mol. The molecule has 2 nitrogen and oxygen atoms in total. The summed E-state index contributed by atoms with van der Waals surface area (Å²) in [6.45, 7) is 0. The molecular weight excluding hydrogens is 821 g/mol. The fourth-order valence-electron chi connectivity index (χ4n) is 10.7. The van der Waals surface area contributed by atoms with Gasteiger partial charge in [-0.15, -0.1) is 0 Å². The van der Waals surface area contributed by atoms with Gasteiger partial charge in [-0.25, -0.2) is 0 Å². The zero-order valence-electron chi connectivity index (χ0n) is 37.3. The third kappa shape index (κ3) is 6.57. The summed E-state index contributed by atoms with van der Waals surface area (Å²) >= 11 is 0. The molecule has 1 aromatic heterocycles. The molecule has 0 aliphatic rings. The van der Waals surface area contributed by atoms with Crippen LogP contribution in [0.15, 0.2) is 267 Å². The second kappa shape index (κ2) is 16.5. The third-order valence-electron chi connectivity index (χ3n) is 13.8. The van der Waals surface area contributed by atoms with Crippen molar-refractivity contribution < 1.29 is 0 Å². The Labute approximate surface area is 395 Å². The van der Waals surface area contributed by atoms with E-state index < -0.39 is 0 Å². The molecule has 2 heteroatoms. The van der Waals surface area contributed by atoms with Gasteiger partial charge in [0.15, 0.2) is 0 Å². The minimum Gasteiger partial charge on any atom is -0.310 e. The highest BCUT2D eigenvalue weighted by Gasteiger charge is 2.23. The summed E-state index contributed by atoms with van der Waals surface area (Å²) in [4.78, 5) is 2.48. The fourth-order valence-corrected chi connectivity index (χ4v) is 10.7. The Hall–Kier alpha value is -8.98. The van der Waals surface area contributed by atoms with E-state index in [1.807, 2.05) is 0 Å². The van der Waals surface area contributed by atoms with Crippen LogP contribution >= 0.6 is 0 Å². The van der Waals surface area contributed by atoms with Crippen LogP contribution in [0.3, 0.4) is 0 Å². The molecular formula is C66H44N2. The molecule has 13 rings (SSSR count). The molecule has 0 saturated heterocycles. The highest BCUT2D eigenvalue weighted by atomic mass is 15.1. The van der Waals surface area contributed by atoms with E-state index >= 15 is 0 Å². The Morgan fingerprint density at radius 3 is 1.59 bits per heavy atom. The van der Waals surface area contributed by atoms with Gasteiger partial charge in [0, 0.05) is 33.3 Å². The van der Waals surface area contributed by atoms with Crippen LogP contribution in [-0.4, -0.2) is 4.57 Å². The van der Waals surface area contributed by atoms with Crippen LogP contribution in [0.4, 0.5) is 17.1 Å². The van der Waals surface area contributed by atoms with Gasteiger partial charge >= 0.3 is 0 Å². The number of anilines is 3. The average Bonchev–Trinajstić information content (AvgIpc) is 3.75. The van der Waals surface area contributed by atoms with Crippen molar-refractivity contribution in [2.75, 3.05) is 4.90 Å². The molecule has 0 radical (unpaired) electrons. The van der Waals surface area contributed by atoms with Crippen LogP contribution in [-0.2, 0) is 0 Å². The standard InChI is InChI=1S/C66H44N2/c1-2-20-46(21-3-1)61-44-50(40-41-56(61)57-31-10-15-37-64(57)68-65-38-16-11-32-58(65)59-33-12-17-39-66(59)68)67(49-26-18-25-47(42-49)52-35-19-24-45-22-4-6-27-51(45)52)63-36-14-13-34-60(63)62-43-48-23-5-7-28-53(48)54-29-8-9-30-55(54)62/h1-44H. The Morgan fingerprint density at radius 2 is 0.794 bits per heavy atom. The summed E-state index contributed by atoms with van der Waals surface area (Å²) in [7, 11) is 0. The van der Waals surface area contributed by atoms with E-state index in [2.05, 4.69) is 276 Å². The van der Waals surface area contributed by atoms with Crippen molar-refractivity contribution in [2.45, 2.75) is 0 Å². The summed E-state index contributed by atoms with van der Waals surface area (Å²) in [6.07, 6.45) is 0. The molecule has 0 spiro atoms. The van der Waals surface area contributed by atoms with E-state index in [1.165, 1.54) is 65.3 Å². The van der Waals surface area contributed by atoms with Crippen molar-refractivity contribution in [3.8, 4) is 50.2 Å². The number of hydrogen-bond acceptors (Lipinski definition) is 1. The van der Waals surface area contributed by atoms with E-state index in [4.69, 9.17) is 0 Å². The van der Waals surface area contributed by atoms with Gasteiger partial charge in [-0.1, -0.05) is 212 Å². The monoisotopic (exact) mass is 864 g/mol. The lowest BCUT2D eigenvalue weighted by Gasteiger charge is -2.30. The lowest BCUT2D eigenvalue weighted by molar-refractivity contribution is 1.18. The molecule has 0 saturated carbocycles. The molecule has 0 fully saturated rings. The van der Waals surface area contributed by atoms with E-state index in [9.17, 15) is 0 Å². The Bertz CT molecular complexity index is 3990. The van der Waals surface area contributed by atoms with Crippen molar-refractivity contribution in [3.63, 3.8) is 0 Å². The number of para-hydroxylation sites is 4. The van der Waals surface area contributed by atoms with Crippen LogP contribution in [0, 0.1) is 0 Å². The van der Waals surface area contributed by atoms with Gasteiger partial charge in [0.05, 0.1) is 22.4 Å². The van der Waals surface area contributed by atoms with Crippen LogP contribution < -0.4 is 4.90 Å². The molecule has 68 heavy (non-hydrogen) atoms. The first-order valence-electron chi connectivity index (χ1n) is 23.4. The number of fused-ring (bicyclic) bond motifs is 7. The van der Waals surface area contributed by atoms with E-state index in [-0.39, 0.29) is 0 Å². The van der Waals surface area contributed by atoms with Gasteiger partial charge in [0.25, 0.3) is 0 Å². The van der Waals surface area contributed by atoms with E-state index in [0.29, 0.717) is 0 Å². The molecule has 1 heterocycles. The molecule has 0 atom stereocenters. The molecule has 0 amide bonds. The first-order chi connectivity index (χ1) is 33.8. The highest BCUT2D eigenvalue weighted by Crippen LogP contribution is 2.48. The number of nitrogens with zero attached hydrogens (tertiary/aromatic N) is 2. The molecule has 0 aliphatic heterocycles. The maximum atomic E-state index is 2.48. The number of aromatic nitrogens is 1. The second-order valence-electron chi connectivity index (χ2n) is 17.6. The lowest BCUT2D eigenvalue weighted by atomic mass is 9.91. The van der Waals surface area contributed by atoms with E-state index in [0.717, 1.165) is 56.1 Å². The van der Waals surface area contributed by atoms with Gasteiger partial charge in [0.1, 0.15) is 0 Å². The smallest absolute Gasteiger partial charge is 0.0541 e. The van der Waals surface area contributed by atoms with Crippen molar-refractivity contribution in [1.29, 1.82) is 0 Å². The Balaban J connectivity index is 1.07. The van der Waals surface area contributed by atoms with Gasteiger partial charge in [-0.3, -0.25) is 0 Å². The van der Waals surface area contributed by atoms with E-state index in [1.54, 1.807) is 0 Å². The normalized spacial score (nSPS) is 11.5. The van der Waals surface area contributed by atoms with Gasteiger partial charge < -0.3 is 9.47 Å². The van der Waals surface area contributed by atoms with Crippen LogP contribution in [0.25, 0.3) is 104 Å². The van der Waals surface area contributed by atoms with Crippen LogP contribution in [0.1, 0.15) is 0 Å². The molecule has 0 bridgehead atoms. The zero-order chi connectivity index (χ0) is 45.0. The van der Waals surface area contributed by atoms with Crippen LogP contribution in [0.5, 0.6) is 0 Å². The van der Waals surface area contributed by atoms with Gasteiger partial charge in [0.2, 0.25) is 0 Å². The quantitative estimate of drug-likeness (QED) is 0.138. The fraction of sp³-hybridized carbons (Fsp3) is 0.